The number of carbonyl (C=O) groups is 1. The Labute approximate surface area is 133 Å². The minimum absolute atomic E-state index is 0.0808. The molecule has 0 aromatic rings. The molecular weight excluding hydrogens is 272 g/mol. The van der Waals surface area contributed by atoms with Gasteiger partial charge in [0, 0.05) is 12.1 Å². The lowest BCUT2D eigenvalue weighted by Crippen LogP contribution is -2.46. The molecule has 0 atom stereocenters. The van der Waals surface area contributed by atoms with E-state index in [2.05, 4.69) is 13.0 Å². The lowest BCUT2D eigenvalue weighted by Gasteiger charge is -2.57. The molecule has 118 valence electrons. The molecule has 3 nitrogen and oxygen atoms in total. The Morgan fingerprint density at radius 2 is 1.73 bits per heavy atom. The Bertz CT molecular complexity index is 517. The fourth-order valence-corrected chi connectivity index (χ4v) is 5.86. The van der Waals surface area contributed by atoms with Crippen LogP contribution in [0.15, 0.2) is 11.6 Å². The molecule has 0 heterocycles. The minimum Gasteiger partial charge on any atom is -0.323 e. The number of hydrogen-bond donors (Lipinski definition) is 0. The predicted molar refractivity (Wildman–Crippen MR) is 84.7 cm³/mol. The molecule has 5 aliphatic rings. The highest BCUT2D eigenvalue weighted by Gasteiger charge is 2.51. The van der Waals surface area contributed by atoms with Crippen molar-refractivity contribution < 1.29 is 4.79 Å². The molecule has 0 saturated heterocycles. The van der Waals surface area contributed by atoms with Crippen LogP contribution >= 0.6 is 0 Å². The van der Waals surface area contributed by atoms with Gasteiger partial charge in [-0.3, -0.25) is 4.79 Å². The summed E-state index contributed by atoms with van der Waals surface area (Å²) < 4.78 is 0. The number of rotatable bonds is 4. The maximum atomic E-state index is 12.6. The van der Waals surface area contributed by atoms with Crippen molar-refractivity contribution >= 4 is 5.91 Å². The first-order valence-electron chi connectivity index (χ1n) is 8.96. The van der Waals surface area contributed by atoms with Crippen LogP contribution in [0.5, 0.6) is 0 Å². The first-order valence-corrected chi connectivity index (χ1v) is 8.96. The zero-order chi connectivity index (χ0) is 15.3. The second kappa shape index (κ2) is 5.11. The van der Waals surface area contributed by atoms with Crippen LogP contribution in [-0.2, 0) is 4.79 Å². The van der Waals surface area contributed by atoms with Gasteiger partial charge < -0.3 is 4.90 Å². The number of hydrogen-bond acceptors (Lipinski definition) is 2. The highest BCUT2D eigenvalue weighted by Crippen LogP contribution is 2.62. The van der Waals surface area contributed by atoms with Crippen LogP contribution in [0, 0.1) is 34.5 Å². The zero-order valence-electron chi connectivity index (χ0n) is 13.6. The van der Waals surface area contributed by atoms with E-state index in [1.165, 1.54) is 44.1 Å². The molecule has 0 spiro atoms. The molecule has 4 bridgehead atoms. The van der Waals surface area contributed by atoms with Crippen molar-refractivity contribution in [2.24, 2.45) is 23.2 Å². The van der Waals surface area contributed by atoms with E-state index in [4.69, 9.17) is 5.26 Å². The average molecular weight is 298 g/mol. The van der Waals surface area contributed by atoms with Crippen LogP contribution in [0.3, 0.4) is 0 Å². The van der Waals surface area contributed by atoms with Gasteiger partial charge in [-0.05, 0) is 81.5 Å². The molecular formula is C19H26N2O. The lowest BCUT2D eigenvalue weighted by atomic mass is 9.48. The molecule has 0 unspecified atom stereocenters. The molecule has 1 amide bonds. The van der Waals surface area contributed by atoms with Crippen LogP contribution in [0.1, 0.15) is 58.3 Å². The van der Waals surface area contributed by atoms with Gasteiger partial charge in [0.1, 0.15) is 6.54 Å². The van der Waals surface area contributed by atoms with Crippen molar-refractivity contribution in [3.05, 3.63) is 11.6 Å². The van der Waals surface area contributed by atoms with E-state index in [-0.39, 0.29) is 12.5 Å². The predicted octanol–water partition coefficient (Wildman–Crippen LogP) is 3.66. The molecule has 5 fully saturated rings. The third-order valence-electron chi connectivity index (χ3n) is 6.73. The Morgan fingerprint density at radius 3 is 2.18 bits per heavy atom. The summed E-state index contributed by atoms with van der Waals surface area (Å²) in [7, 11) is 0. The molecule has 3 heteroatoms. The number of nitriles is 1. The summed E-state index contributed by atoms with van der Waals surface area (Å²) in [6.07, 6.45) is 12.2. The van der Waals surface area contributed by atoms with Crippen LogP contribution < -0.4 is 0 Å². The summed E-state index contributed by atoms with van der Waals surface area (Å²) in [5.74, 6) is 2.80. The van der Waals surface area contributed by atoms with Crippen molar-refractivity contribution in [1.82, 2.24) is 4.90 Å². The molecule has 0 aromatic heterocycles. The van der Waals surface area contributed by atoms with E-state index in [0.717, 1.165) is 30.6 Å². The van der Waals surface area contributed by atoms with E-state index in [1.54, 1.807) is 4.90 Å². The largest absolute Gasteiger partial charge is 0.323 e. The number of nitrogens with zero attached hydrogens (tertiary/aromatic N) is 2. The number of allylic oxidation sites excluding steroid dienone is 1. The Morgan fingerprint density at radius 1 is 1.18 bits per heavy atom. The first kappa shape index (κ1) is 14.3. The van der Waals surface area contributed by atoms with Crippen molar-refractivity contribution in [2.45, 2.75) is 64.3 Å². The Kier molecular flexibility index (Phi) is 3.33. The quantitative estimate of drug-likeness (QED) is 0.587. The van der Waals surface area contributed by atoms with Gasteiger partial charge in [0.05, 0.1) is 6.07 Å². The highest BCUT2D eigenvalue weighted by molar-refractivity contribution is 5.89. The molecule has 0 radical (unpaired) electrons. The van der Waals surface area contributed by atoms with Crippen LogP contribution in [0.25, 0.3) is 0 Å². The van der Waals surface area contributed by atoms with Gasteiger partial charge in [-0.25, -0.2) is 0 Å². The standard InChI is InChI=1S/C19H26N2O/c1-13(6-18(22)21(5-4-20)17-2-3-17)19-10-14-7-15(11-19)9-16(8-14)12-19/h6,14-17H,2-3,5,7-12H2,1H3/b13-6-. The molecule has 5 aliphatic carbocycles. The average Bonchev–Trinajstić information content (AvgIpc) is 3.27. The van der Waals surface area contributed by atoms with Crippen LogP contribution in [0.2, 0.25) is 0 Å². The molecule has 0 aliphatic heterocycles. The number of amides is 1. The third kappa shape index (κ3) is 2.37. The van der Waals surface area contributed by atoms with Gasteiger partial charge in [-0.2, -0.15) is 5.26 Å². The zero-order valence-corrected chi connectivity index (χ0v) is 13.6. The molecule has 22 heavy (non-hydrogen) atoms. The molecule has 0 N–H and O–H groups in total. The van der Waals surface area contributed by atoms with E-state index in [0.29, 0.717) is 11.5 Å². The summed E-state index contributed by atoms with van der Waals surface area (Å²) in [5, 5.41) is 8.96. The minimum atomic E-state index is 0.0808. The van der Waals surface area contributed by atoms with Crippen molar-refractivity contribution in [3.63, 3.8) is 0 Å². The van der Waals surface area contributed by atoms with Gasteiger partial charge in [0.15, 0.2) is 0 Å². The monoisotopic (exact) mass is 298 g/mol. The van der Waals surface area contributed by atoms with Gasteiger partial charge in [-0.1, -0.05) is 5.57 Å². The second-order valence-corrected chi connectivity index (χ2v) is 8.38. The summed E-state index contributed by atoms with van der Waals surface area (Å²) in [4.78, 5) is 14.4. The first-order chi connectivity index (χ1) is 10.6. The van der Waals surface area contributed by atoms with Gasteiger partial charge in [-0.15, -0.1) is 0 Å². The van der Waals surface area contributed by atoms with Crippen molar-refractivity contribution in [2.75, 3.05) is 6.54 Å². The van der Waals surface area contributed by atoms with E-state index >= 15 is 0 Å². The van der Waals surface area contributed by atoms with Crippen molar-refractivity contribution in [1.29, 1.82) is 5.26 Å². The Hall–Kier alpha value is -1.30. The summed E-state index contributed by atoms with van der Waals surface area (Å²) in [5.41, 5.74) is 1.62. The fourth-order valence-electron chi connectivity index (χ4n) is 5.86. The maximum Gasteiger partial charge on any atom is 0.247 e. The highest BCUT2D eigenvalue weighted by atomic mass is 16.2. The summed E-state index contributed by atoms with van der Waals surface area (Å²) in [6.45, 7) is 2.43. The smallest absolute Gasteiger partial charge is 0.247 e. The molecule has 0 aromatic carbocycles. The van der Waals surface area contributed by atoms with Crippen LogP contribution in [0.4, 0.5) is 0 Å². The van der Waals surface area contributed by atoms with Gasteiger partial charge in [0.2, 0.25) is 5.91 Å². The number of carbonyl (C=O) groups excluding carboxylic acids is 1. The van der Waals surface area contributed by atoms with Gasteiger partial charge in [0.25, 0.3) is 0 Å². The second-order valence-electron chi connectivity index (χ2n) is 8.38. The Balaban J connectivity index is 1.54. The normalized spacial score (nSPS) is 39.6. The molecule has 5 rings (SSSR count). The summed E-state index contributed by atoms with van der Waals surface area (Å²) in [6, 6.07) is 2.48. The molecule has 5 saturated carbocycles. The van der Waals surface area contributed by atoms with Crippen molar-refractivity contribution in [3.8, 4) is 6.07 Å². The summed E-state index contributed by atoms with van der Waals surface area (Å²) >= 11 is 0. The van der Waals surface area contributed by atoms with Gasteiger partial charge >= 0.3 is 0 Å². The topological polar surface area (TPSA) is 44.1 Å². The third-order valence-corrected chi connectivity index (χ3v) is 6.73. The maximum absolute atomic E-state index is 12.6. The van der Waals surface area contributed by atoms with E-state index in [1.807, 2.05) is 6.08 Å². The van der Waals surface area contributed by atoms with E-state index < -0.39 is 0 Å². The lowest BCUT2D eigenvalue weighted by molar-refractivity contribution is -0.126. The SMILES string of the molecule is C/C(=C/C(=O)N(CC#N)C1CC1)C12CC3CC(CC(C3)C1)C2. The van der Waals surface area contributed by atoms with E-state index in [9.17, 15) is 4.79 Å². The fraction of sp³-hybridized carbons (Fsp3) is 0.789. The van der Waals surface area contributed by atoms with Crippen LogP contribution in [-0.4, -0.2) is 23.4 Å².